The Morgan fingerprint density at radius 3 is 2.29 bits per heavy atom. The lowest BCUT2D eigenvalue weighted by Gasteiger charge is -2.37. The predicted molar refractivity (Wildman–Crippen MR) is 111 cm³/mol. The van der Waals surface area contributed by atoms with Gasteiger partial charge in [-0.15, -0.1) is 0 Å². The molecule has 2 fully saturated rings. The fourth-order valence-corrected chi connectivity index (χ4v) is 3.91. The topological polar surface area (TPSA) is 52.7 Å². The first kappa shape index (κ1) is 18.5. The maximum absolute atomic E-state index is 13.1. The molecule has 1 saturated heterocycles. The number of nitrogens with zero attached hydrogens (tertiary/aromatic N) is 2. The van der Waals surface area contributed by atoms with Crippen molar-refractivity contribution < 1.29 is 9.59 Å². The van der Waals surface area contributed by atoms with Gasteiger partial charge in [-0.2, -0.15) is 0 Å². The number of aryl methyl sites for hydroxylation is 2. The van der Waals surface area contributed by atoms with Crippen molar-refractivity contribution in [3.63, 3.8) is 0 Å². The van der Waals surface area contributed by atoms with Crippen molar-refractivity contribution in [1.82, 2.24) is 4.90 Å². The highest BCUT2D eigenvalue weighted by Crippen LogP contribution is 2.48. The molecule has 28 heavy (non-hydrogen) atoms. The van der Waals surface area contributed by atoms with E-state index in [1.807, 2.05) is 36.1 Å². The van der Waals surface area contributed by atoms with Gasteiger partial charge in [0.25, 0.3) is 0 Å². The third-order valence-electron chi connectivity index (χ3n) is 5.92. The lowest BCUT2D eigenvalue weighted by molar-refractivity contribution is -0.142. The molecule has 1 aliphatic heterocycles. The molecule has 1 saturated carbocycles. The minimum absolute atomic E-state index is 0.0116. The van der Waals surface area contributed by atoms with Crippen molar-refractivity contribution >= 4 is 23.2 Å². The zero-order valence-corrected chi connectivity index (χ0v) is 16.6. The number of carbonyl (C=O) groups excluding carboxylic acids is 2. The molecule has 5 heteroatoms. The molecular weight excluding hydrogens is 350 g/mol. The number of para-hydroxylation sites is 1. The molecule has 2 amide bonds. The van der Waals surface area contributed by atoms with Crippen LogP contribution in [0.3, 0.4) is 0 Å². The first-order chi connectivity index (χ1) is 13.5. The molecule has 1 heterocycles. The van der Waals surface area contributed by atoms with Crippen LogP contribution in [0.5, 0.6) is 0 Å². The quantitative estimate of drug-likeness (QED) is 0.831. The van der Waals surface area contributed by atoms with E-state index in [1.165, 1.54) is 11.3 Å². The Morgan fingerprint density at radius 2 is 1.64 bits per heavy atom. The zero-order valence-electron chi connectivity index (χ0n) is 16.6. The van der Waals surface area contributed by atoms with E-state index in [9.17, 15) is 9.59 Å². The minimum Gasteiger partial charge on any atom is -0.368 e. The van der Waals surface area contributed by atoms with Crippen LogP contribution in [0.25, 0.3) is 0 Å². The molecule has 4 rings (SSSR count). The van der Waals surface area contributed by atoms with Crippen molar-refractivity contribution in [2.45, 2.75) is 26.7 Å². The largest absolute Gasteiger partial charge is 0.368 e. The van der Waals surface area contributed by atoms with E-state index >= 15 is 0 Å². The van der Waals surface area contributed by atoms with Crippen molar-refractivity contribution in [3.8, 4) is 0 Å². The second-order valence-electron chi connectivity index (χ2n) is 7.97. The SMILES string of the molecule is Cc1cccc(N2CCN(C(=O)C3(C(=O)Nc4ccccc4C)CC3)CC2)c1. The van der Waals surface area contributed by atoms with E-state index in [0.717, 1.165) is 24.3 Å². The third-order valence-corrected chi connectivity index (χ3v) is 5.92. The molecular formula is C23H27N3O2. The number of benzene rings is 2. The highest BCUT2D eigenvalue weighted by Gasteiger charge is 2.58. The summed E-state index contributed by atoms with van der Waals surface area (Å²) in [6.45, 7) is 6.96. The van der Waals surface area contributed by atoms with Crippen LogP contribution in [-0.4, -0.2) is 42.9 Å². The Balaban J connectivity index is 1.39. The van der Waals surface area contributed by atoms with Gasteiger partial charge >= 0.3 is 0 Å². The van der Waals surface area contributed by atoms with E-state index in [-0.39, 0.29) is 11.8 Å². The zero-order chi connectivity index (χ0) is 19.7. The molecule has 1 aliphatic carbocycles. The number of hydrogen-bond donors (Lipinski definition) is 1. The summed E-state index contributed by atoms with van der Waals surface area (Å²) in [5.41, 5.74) is 3.36. The molecule has 146 valence electrons. The number of amides is 2. The fourth-order valence-electron chi connectivity index (χ4n) is 3.91. The fraction of sp³-hybridized carbons (Fsp3) is 0.391. The van der Waals surface area contributed by atoms with E-state index < -0.39 is 5.41 Å². The standard InChI is InChI=1S/C23H27N3O2/c1-17-6-5-8-19(16-17)25-12-14-26(15-13-25)22(28)23(10-11-23)21(27)24-20-9-4-3-7-18(20)2/h3-9,16H,10-15H2,1-2H3,(H,24,27). The summed E-state index contributed by atoms with van der Waals surface area (Å²) in [6.07, 6.45) is 1.28. The summed E-state index contributed by atoms with van der Waals surface area (Å²) in [5.74, 6) is -0.171. The van der Waals surface area contributed by atoms with Crippen LogP contribution >= 0.6 is 0 Å². The molecule has 0 radical (unpaired) electrons. The van der Waals surface area contributed by atoms with E-state index in [4.69, 9.17) is 0 Å². The molecule has 0 aromatic heterocycles. The van der Waals surface area contributed by atoms with E-state index in [2.05, 4.69) is 41.4 Å². The molecule has 5 nitrogen and oxygen atoms in total. The summed E-state index contributed by atoms with van der Waals surface area (Å²) in [7, 11) is 0. The lowest BCUT2D eigenvalue weighted by atomic mass is 10.0. The summed E-state index contributed by atoms with van der Waals surface area (Å²) in [5, 5.41) is 2.98. The number of piperazine rings is 1. The third kappa shape index (κ3) is 3.49. The number of hydrogen-bond acceptors (Lipinski definition) is 3. The van der Waals surface area contributed by atoms with Crippen molar-refractivity contribution in [2.75, 3.05) is 36.4 Å². The van der Waals surface area contributed by atoms with Crippen LogP contribution in [0, 0.1) is 19.3 Å². The average molecular weight is 377 g/mol. The maximum atomic E-state index is 13.1. The molecule has 0 spiro atoms. The van der Waals surface area contributed by atoms with Gasteiger partial charge in [-0.3, -0.25) is 9.59 Å². The summed E-state index contributed by atoms with van der Waals surface area (Å²) in [6, 6.07) is 16.1. The highest BCUT2D eigenvalue weighted by molar-refractivity contribution is 6.13. The Kier molecular flexibility index (Phi) is 4.84. The smallest absolute Gasteiger partial charge is 0.240 e. The molecule has 2 aromatic carbocycles. The number of carbonyl (C=O) groups is 2. The van der Waals surface area contributed by atoms with Crippen molar-refractivity contribution in [2.24, 2.45) is 5.41 Å². The predicted octanol–water partition coefficient (Wildman–Crippen LogP) is 3.37. The number of nitrogens with one attached hydrogen (secondary N) is 1. The Morgan fingerprint density at radius 1 is 0.929 bits per heavy atom. The van der Waals surface area contributed by atoms with Crippen LogP contribution in [0.4, 0.5) is 11.4 Å². The molecule has 0 bridgehead atoms. The number of rotatable bonds is 4. The summed E-state index contributed by atoms with van der Waals surface area (Å²) < 4.78 is 0. The normalized spacial score (nSPS) is 17.9. The van der Waals surface area contributed by atoms with Gasteiger partial charge in [-0.1, -0.05) is 30.3 Å². The first-order valence-corrected chi connectivity index (χ1v) is 9.98. The van der Waals surface area contributed by atoms with Gasteiger partial charge in [0.2, 0.25) is 11.8 Å². The molecule has 0 unspecified atom stereocenters. The minimum atomic E-state index is -0.867. The van der Waals surface area contributed by atoms with Crippen LogP contribution in [-0.2, 0) is 9.59 Å². The monoisotopic (exact) mass is 377 g/mol. The first-order valence-electron chi connectivity index (χ1n) is 9.98. The molecule has 2 aliphatic rings. The second kappa shape index (κ2) is 7.30. The van der Waals surface area contributed by atoms with Crippen LogP contribution in [0.15, 0.2) is 48.5 Å². The molecule has 1 N–H and O–H groups in total. The van der Waals surface area contributed by atoms with Gasteiger partial charge in [0.1, 0.15) is 5.41 Å². The lowest BCUT2D eigenvalue weighted by Crippen LogP contribution is -2.52. The second-order valence-corrected chi connectivity index (χ2v) is 7.97. The van der Waals surface area contributed by atoms with Gasteiger partial charge < -0.3 is 15.1 Å². The van der Waals surface area contributed by atoms with Gasteiger partial charge in [0, 0.05) is 37.6 Å². The Bertz CT molecular complexity index is 896. The summed E-state index contributed by atoms with van der Waals surface area (Å²) in [4.78, 5) is 30.2. The van der Waals surface area contributed by atoms with Crippen molar-refractivity contribution in [1.29, 1.82) is 0 Å². The van der Waals surface area contributed by atoms with Gasteiger partial charge in [-0.05, 0) is 56.0 Å². The van der Waals surface area contributed by atoms with E-state index in [1.54, 1.807) is 0 Å². The highest BCUT2D eigenvalue weighted by atomic mass is 16.2. The van der Waals surface area contributed by atoms with Gasteiger partial charge in [-0.25, -0.2) is 0 Å². The van der Waals surface area contributed by atoms with Gasteiger partial charge in [0.05, 0.1) is 0 Å². The van der Waals surface area contributed by atoms with Crippen LogP contribution in [0.1, 0.15) is 24.0 Å². The van der Waals surface area contributed by atoms with Crippen LogP contribution < -0.4 is 10.2 Å². The Labute approximate surface area is 166 Å². The maximum Gasteiger partial charge on any atom is 0.240 e. The number of anilines is 2. The van der Waals surface area contributed by atoms with E-state index in [0.29, 0.717) is 25.9 Å². The summed E-state index contributed by atoms with van der Waals surface area (Å²) >= 11 is 0. The van der Waals surface area contributed by atoms with Gasteiger partial charge in [0.15, 0.2) is 0 Å². The van der Waals surface area contributed by atoms with Crippen molar-refractivity contribution in [3.05, 3.63) is 59.7 Å². The van der Waals surface area contributed by atoms with Crippen LogP contribution in [0.2, 0.25) is 0 Å². The Hall–Kier alpha value is -2.82. The molecule has 2 aromatic rings. The average Bonchev–Trinajstić information content (AvgIpc) is 3.51. The molecule has 0 atom stereocenters.